The largest absolute Gasteiger partial charge is 0.491 e. The standard InChI is InChI=1S/C36H44N2O/c1-6-31-21-14-22-32(7-2)36(31)34-24-35(39-27(3)4)33(28(5)37-34)26-38(25-30-18-12-9-13-19-30)23-15-20-29-16-10-8-11-17-29/h8-14,16-19,21-22,24,27H,6-7,15,20,23,25-26H2,1-5H3. The number of benzene rings is 3. The first-order valence-electron chi connectivity index (χ1n) is 14.6. The summed E-state index contributed by atoms with van der Waals surface area (Å²) in [6, 6.07) is 30.4. The number of nitrogens with zero attached hydrogens (tertiary/aromatic N) is 2. The van der Waals surface area contributed by atoms with Gasteiger partial charge in [0.05, 0.1) is 11.8 Å². The second kappa shape index (κ2) is 14.1. The van der Waals surface area contributed by atoms with E-state index in [4.69, 9.17) is 9.72 Å². The summed E-state index contributed by atoms with van der Waals surface area (Å²) in [6.07, 6.45) is 4.24. The molecule has 0 fully saturated rings. The van der Waals surface area contributed by atoms with Crippen LogP contribution in [0.25, 0.3) is 11.3 Å². The van der Waals surface area contributed by atoms with Crippen LogP contribution in [0.4, 0.5) is 0 Å². The van der Waals surface area contributed by atoms with Gasteiger partial charge in [0.15, 0.2) is 0 Å². The molecule has 3 heteroatoms. The van der Waals surface area contributed by atoms with Gasteiger partial charge >= 0.3 is 0 Å². The lowest BCUT2D eigenvalue weighted by molar-refractivity contribution is 0.221. The Morgan fingerprint density at radius 3 is 1.97 bits per heavy atom. The molecule has 0 atom stereocenters. The topological polar surface area (TPSA) is 25.4 Å². The van der Waals surface area contributed by atoms with Crippen LogP contribution in [0.15, 0.2) is 84.9 Å². The molecule has 0 saturated carbocycles. The number of hydrogen-bond acceptors (Lipinski definition) is 3. The average molecular weight is 521 g/mol. The molecule has 0 saturated heterocycles. The molecule has 4 rings (SSSR count). The Labute approximate surface area is 235 Å². The minimum Gasteiger partial charge on any atom is -0.491 e. The van der Waals surface area contributed by atoms with E-state index in [0.29, 0.717) is 0 Å². The molecular weight excluding hydrogens is 476 g/mol. The van der Waals surface area contributed by atoms with Crippen LogP contribution in [0.5, 0.6) is 5.75 Å². The van der Waals surface area contributed by atoms with Crippen molar-refractivity contribution in [2.45, 2.75) is 79.5 Å². The highest BCUT2D eigenvalue weighted by Crippen LogP contribution is 2.34. The summed E-state index contributed by atoms with van der Waals surface area (Å²) in [4.78, 5) is 7.76. The zero-order chi connectivity index (χ0) is 27.6. The minimum absolute atomic E-state index is 0.0890. The molecule has 0 spiro atoms. The highest BCUT2D eigenvalue weighted by molar-refractivity contribution is 5.70. The summed E-state index contributed by atoms with van der Waals surface area (Å²) in [5.41, 5.74) is 9.95. The summed E-state index contributed by atoms with van der Waals surface area (Å²) in [5, 5.41) is 0. The first kappa shape index (κ1) is 28.6. The fourth-order valence-electron chi connectivity index (χ4n) is 5.35. The lowest BCUT2D eigenvalue weighted by atomic mass is 9.94. The molecule has 1 aromatic heterocycles. The predicted molar refractivity (Wildman–Crippen MR) is 164 cm³/mol. The Balaban J connectivity index is 1.67. The molecule has 0 N–H and O–H groups in total. The number of aryl methyl sites for hydroxylation is 4. The number of pyridine rings is 1. The van der Waals surface area contributed by atoms with E-state index in [0.717, 1.165) is 62.5 Å². The van der Waals surface area contributed by atoms with Gasteiger partial charge < -0.3 is 4.74 Å². The molecule has 3 nitrogen and oxygen atoms in total. The van der Waals surface area contributed by atoms with E-state index in [9.17, 15) is 0 Å². The van der Waals surface area contributed by atoms with E-state index in [2.05, 4.69) is 124 Å². The van der Waals surface area contributed by atoms with E-state index < -0.39 is 0 Å². The quantitative estimate of drug-likeness (QED) is 0.176. The van der Waals surface area contributed by atoms with Crippen molar-refractivity contribution in [1.29, 1.82) is 0 Å². The summed E-state index contributed by atoms with van der Waals surface area (Å²) >= 11 is 0. The molecule has 0 aliphatic rings. The van der Waals surface area contributed by atoms with Gasteiger partial charge in [0.1, 0.15) is 5.75 Å². The fourth-order valence-corrected chi connectivity index (χ4v) is 5.35. The van der Waals surface area contributed by atoms with Crippen molar-refractivity contribution >= 4 is 0 Å². The van der Waals surface area contributed by atoms with E-state index in [1.54, 1.807) is 0 Å². The highest BCUT2D eigenvalue weighted by Gasteiger charge is 2.19. The first-order chi connectivity index (χ1) is 19.0. The lowest BCUT2D eigenvalue weighted by Gasteiger charge is -2.26. The van der Waals surface area contributed by atoms with Gasteiger partial charge in [-0.05, 0) is 75.3 Å². The third-order valence-corrected chi connectivity index (χ3v) is 7.32. The minimum atomic E-state index is 0.0890. The van der Waals surface area contributed by atoms with Crippen LogP contribution >= 0.6 is 0 Å². The number of ether oxygens (including phenoxy) is 1. The predicted octanol–water partition coefficient (Wildman–Crippen LogP) is 8.60. The van der Waals surface area contributed by atoms with Gasteiger partial charge in [-0.2, -0.15) is 0 Å². The van der Waals surface area contributed by atoms with Gasteiger partial charge in [-0.3, -0.25) is 9.88 Å². The zero-order valence-electron chi connectivity index (χ0n) is 24.4. The second-order valence-corrected chi connectivity index (χ2v) is 10.7. The zero-order valence-corrected chi connectivity index (χ0v) is 24.4. The lowest BCUT2D eigenvalue weighted by Crippen LogP contribution is -2.26. The van der Waals surface area contributed by atoms with Crippen LogP contribution in [0, 0.1) is 6.92 Å². The second-order valence-electron chi connectivity index (χ2n) is 10.7. The molecule has 0 unspecified atom stereocenters. The van der Waals surface area contributed by atoms with E-state index in [-0.39, 0.29) is 6.10 Å². The number of hydrogen-bond donors (Lipinski definition) is 0. The van der Waals surface area contributed by atoms with Crippen LogP contribution < -0.4 is 4.74 Å². The SMILES string of the molecule is CCc1cccc(CC)c1-c1cc(OC(C)C)c(CN(CCCc2ccccc2)Cc2ccccc2)c(C)n1. The third kappa shape index (κ3) is 7.80. The first-order valence-corrected chi connectivity index (χ1v) is 14.6. The normalized spacial score (nSPS) is 11.4. The molecular formula is C36H44N2O. The average Bonchev–Trinajstić information content (AvgIpc) is 2.95. The maximum atomic E-state index is 6.49. The molecule has 0 aliphatic heterocycles. The molecule has 3 aromatic carbocycles. The molecule has 39 heavy (non-hydrogen) atoms. The Kier molecular flexibility index (Phi) is 10.3. The summed E-state index contributed by atoms with van der Waals surface area (Å²) < 4.78 is 6.49. The summed E-state index contributed by atoms with van der Waals surface area (Å²) in [6.45, 7) is 13.5. The number of aromatic nitrogens is 1. The van der Waals surface area contributed by atoms with Crippen molar-refractivity contribution in [3.8, 4) is 17.0 Å². The maximum absolute atomic E-state index is 6.49. The van der Waals surface area contributed by atoms with Crippen molar-refractivity contribution in [3.05, 3.63) is 118 Å². The van der Waals surface area contributed by atoms with Crippen molar-refractivity contribution in [2.75, 3.05) is 6.54 Å². The number of rotatable bonds is 13. The monoisotopic (exact) mass is 520 g/mol. The highest BCUT2D eigenvalue weighted by atomic mass is 16.5. The van der Waals surface area contributed by atoms with Crippen LogP contribution in [-0.4, -0.2) is 22.5 Å². The van der Waals surface area contributed by atoms with Crippen molar-refractivity contribution < 1.29 is 4.74 Å². The Bertz CT molecular complexity index is 1290. The van der Waals surface area contributed by atoms with Gasteiger partial charge in [0.25, 0.3) is 0 Å². The summed E-state index contributed by atoms with van der Waals surface area (Å²) in [5.74, 6) is 0.960. The molecule has 0 radical (unpaired) electrons. The van der Waals surface area contributed by atoms with Gasteiger partial charge in [-0.15, -0.1) is 0 Å². The molecule has 4 aromatic rings. The molecule has 0 bridgehead atoms. The fraction of sp³-hybridized carbons (Fsp3) is 0.361. The Morgan fingerprint density at radius 1 is 0.769 bits per heavy atom. The van der Waals surface area contributed by atoms with Crippen molar-refractivity contribution in [2.24, 2.45) is 0 Å². The summed E-state index contributed by atoms with van der Waals surface area (Å²) in [7, 11) is 0. The van der Waals surface area contributed by atoms with E-state index in [1.165, 1.54) is 33.4 Å². The van der Waals surface area contributed by atoms with E-state index >= 15 is 0 Å². The van der Waals surface area contributed by atoms with Crippen LogP contribution in [0.3, 0.4) is 0 Å². The molecule has 1 heterocycles. The molecule has 204 valence electrons. The Hall–Kier alpha value is -3.43. The van der Waals surface area contributed by atoms with Gasteiger partial charge in [-0.25, -0.2) is 0 Å². The van der Waals surface area contributed by atoms with Crippen molar-refractivity contribution in [1.82, 2.24) is 9.88 Å². The van der Waals surface area contributed by atoms with Crippen LogP contribution in [0.2, 0.25) is 0 Å². The smallest absolute Gasteiger partial charge is 0.128 e. The van der Waals surface area contributed by atoms with Gasteiger partial charge in [-0.1, -0.05) is 92.7 Å². The Morgan fingerprint density at radius 2 is 1.38 bits per heavy atom. The molecule has 0 amide bonds. The maximum Gasteiger partial charge on any atom is 0.128 e. The van der Waals surface area contributed by atoms with Gasteiger partial charge in [0.2, 0.25) is 0 Å². The van der Waals surface area contributed by atoms with E-state index in [1.807, 2.05) is 0 Å². The molecule has 0 aliphatic carbocycles. The van der Waals surface area contributed by atoms with Crippen LogP contribution in [-0.2, 0) is 32.4 Å². The van der Waals surface area contributed by atoms with Gasteiger partial charge in [0, 0.05) is 36.0 Å². The third-order valence-electron chi connectivity index (χ3n) is 7.32. The van der Waals surface area contributed by atoms with Crippen LogP contribution in [0.1, 0.15) is 67.6 Å². The van der Waals surface area contributed by atoms with Crippen molar-refractivity contribution in [3.63, 3.8) is 0 Å².